The number of aryl methyl sites for hydroxylation is 2. The van der Waals surface area contributed by atoms with Gasteiger partial charge < -0.3 is 10.2 Å². The van der Waals surface area contributed by atoms with Gasteiger partial charge in [-0.25, -0.2) is 0 Å². The Bertz CT molecular complexity index is 887. The lowest BCUT2D eigenvalue weighted by molar-refractivity contribution is 0.114. The van der Waals surface area contributed by atoms with Crippen LogP contribution < -0.4 is 0 Å². The number of aromatic hydroxyl groups is 1. The molecule has 28 heavy (non-hydrogen) atoms. The van der Waals surface area contributed by atoms with Crippen LogP contribution >= 0.6 is 0 Å². The third kappa shape index (κ3) is 4.42. The Morgan fingerprint density at radius 2 is 1.43 bits per heavy atom. The van der Waals surface area contributed by atoms with E-state index in [2.05, 4.69) is 56.9 Å². The number of hydrogen-bond donors (Lipinski definition) is 2. The molecule has 0 saturated heterocycles. The van der Waals surface area contributed by atoms with E-state index in [1.54, 1.807) is 6.07 Å². The van der Waals surface area contributed by atoms with Gasteiger partial charge in [0.25, 0.3) is 0 Å². The first-order valence-electron chi connectivity index (χ1n) is 10.2. The molecule has 0 aliphatic heterocycles. The van der Waals surface area contributed by atoms with Gasteiger partial charge in [-0.1, -0.05) is 70.7 Å². The second kappa shape index (κ2) is 8.41. The molecule has 0 radical (unpaired) electrons. The normalized spacial score (nSPS) is 13.0. The standard InChI is InChI=1S/C26H34O2/c1-8-26(9-2,22-13-14-23(27)19(4)17-22)21-12-10-20(18(3)16-21)11-15-24(28)25(5,6)7/h10,12-14,16-17,24,27-28H,8-9H2,1-7H3. The van der Waals surface area contributed by atoms with Crippen LogP contribution in [0.25, 0.3) is 0 Å². The van der Waals surface area contributed by atoms with E-state index in [4.69, 9.17) is 0 Å². The predicted octanol–water partition coefficient (Wildman–Crippen LogP) is 5.87. The summed E-state index contributed by atoms with van der Waals surface area (Å²) in [6.45, 7) is 14.4. The molecular formula is C26H34O2. The van der Waals surface area contributed by atoms with Crippen LogP contribution in [0.5, 0.6) is 5.75 Å². The van der Waals surface area contributed by atoms with Gasteiger partial charge in [-0.2, -0.15) is 0 Å². The van der Waals surface area contributed by atoms with Gasteiger partial charge in [0, 0.05) is 11.0 Å². The van der Waals surface area contributed by atoms with Crippen molar-refractivity contribution in [3.05, 3.63) is 64.2 Å². The molecule has 0 aromatic heterocycles. The average Bonchev–Trinajstić information content (AvgIpc) is 2.64. The zero-order chi connectivity index (χ0) is 21.1. The molecule has 2 aromatic carbocycles. The van der Waals surface area contributed by atoms with E-state index >= 15 is 0 Å². The average molecular weight is 379 g/mol. The summed E-state index contributed by atoms with van der Waals surface area (Å²) in [5, 5.41) is 20.1. The Labute approximate surface area is 170 Å². The van der Waals surface area contributed by atoms with Crippen molar-refractivity contribution in [1.82, 2.24) is 0 Å². The molecule has 0 aliphatic rings. The molecule has 1 atom stereocenters. The van der Waals surface area contributed by atoms with Crippen molar-refractivity contribution >= 4 is 0 Å². The fourth-order valence-corrected chi connectivity index (χ4v) is 3.65. The fourth-order valence-electron chi connectivity index (χ4n) is 3.65. The molecular weight excluding hydrogens is 344 g/mol. The summed E-state index contributed by atoms with van der Waals surface area (Å²) in [5.41, 5.74) is 5.12. The van der Waals surface area contributed by atoms with Crippen LogP contribution in [-0.4, -0.2) is 16.3 Å². The van der Waals surface area contributed by atoms with Crippen LogP contribution in [0.2, 0.25) is 0 Å². The van der Waals surface area contributed by atoms with Gasteiger partial charge in [0.1, 0.15) is 11.9 Å². The molecule has 0 heterocycles. The highest BCUT2D eigenvalue weighted by molar-refractivity contribution is 5.49. The maximum absolute atomic E-state index is 10.2. The summed E-state index contributed by atoms with van der Waals surface area (Å²) >= 11 is 0. The quantitative estimate of drug-likeness (QED) is 0.653. The maximum Gasteiger partial charge on any atom is 0.119 e. The summed E-state index contributed by atoms with van der Waals surface area (Å²) in [7, 11) is 0. The number of aliphatic hydroxyl groups excluding tert-OH is 1. The van der Waals surface area contributed by atoms with Gasteiger partial charge in [-0.05, 0) is 66.5 Å². The topological polar surface area (TPSA) is 40.5 Å². The molecule has 0 amide bonds. The monoisotopic (exact) mass is 378 g/mol. The van der Waals surface area contributed by atoms with E-state index in [-0.39, 0.29) is 10.8 Å². The summed E-state index contributed by atoms with van der Waals surface area (Å²) in [4.78, 5) is 0. The van der Waals surface area contributed by atoms with Crippen LogP contribution in [0.3, 0.4) is 0 Å². The van der Waals surface area contributed by atoms with Gasteiger partial charge in [0.05, 0.1) is 0 Å². The highest BCUT2D eigenvalue weighted by atomic mass is 16.3. The first-order chi connectivity index (χ1) is 13.0. The summed E-state index contributed by atoms with van der Waals surface area (Å²) in [6, 6.07) is 12.4. The smallest absolute Gasteiger partial charge is 0.119 e. The zero-order valence-electron chi connectivity index (χ0n) is 18.4. The minimum absolute atomic E-state index is 0.0971. The van der Waals surface area contributed by atoms with Gasteiger partial charge in [-0.3, -0.25) is 0 Å². The molecule has 1 unspecified atom stereocenters. The van der Waals surface area contributed by atoms with Crippen LogP contribution in [0.15, 0.2) is 36.4 Å². The molecule has 2 rings (SSSR count). The lowest BCUT2D eigenvalue weighted by Gasteiger charge is -2.34. The van der Waals surface area contributed by atoms with Crippen molar-refractivity contribution in [2.24, 2.45) is 5.41 Å². The lowest BCUT2D eigenvalue weighted by atomic mass is 9.70. The highest BCUT2D eigenvalue weighted by Crippen LogP contribution is 2.40. The van der Waals surface area contributed by atoms with Crippen molar-refractivity contribution in [2.75, 3.05) is 0 Å². The van der Waals surface area contributed by atoms with Gasteiger partial charge in [-0.15, -0.1) is 0 Å². The molecule has 2 heteroatoms. The first-order valence-corrected chi connectivity index (χ1v) is 10.2. The second-order valence-electron chi connectivity index (χ2n) is 8.86. The fraction of sp³-hybridized carbons (Fsp3) is 0.462. The Morgan fingerprint density at radius 1 is 0.893 bits per heavy atom. The number of phenols is 1. The Balaban J connectivity index is 2.49. The molecule has 0 aliphatic carbocycles. The summed E-state index contributed by atoms with van der Waals surface area (Å²) in [5.74, 6) is 6.48. The van der Waals surface area contributed by atoms with Crippen molar-refractivity contribution in [3.8, 4) is 17.6 Å². The van der Waals surface area contributed by atoms with E-state index < -0.39 is 6.10 Å². The number of benzene rings is 2. The second-order valence-corrected chi connectivity index (χ2v) is 8.86. The van der Waals surface area contributed by atoms with Crippen LogP contribution in [0.4, 0.5) is 0 Å². The summed E-state index contributed by atoms with van der Waals surface area (Å²) in [6.07, 6.45) is 1.29. The minimum atomic E-state index is -0.656. The van der Waals surface area contributed by atoms with Crippen molar-refractivity contribution in [1.29, 1.82) is 0 Å². The molecule has 2 N–H and O–H groups in total. The van der Waals surface area contributed by atoms with Crippen LogP contribution in [-0.2, 0) is 5.41 Å². The zero-order valence-corrected chi connectivity index (χ0v) is 18.4. The Kier molecular flexibility index (Phi) is 6.63. The van der Waals surface area contributed by atoms with Crippen molar-refractivity contribution in [2.45, 2.75) is 72.8 Å². The Morgan fingerprint density at radius 3 is 1.89 bits per heavy atom. The van der Waals surface area contributed by atoms with Gasteiger partial charge in [0.15, 0.2) is 0 Å². The SMILES string of the molecule is CCC(CC)(c1ccc(O)c(C)c1)c1ccc(C#CC(O)C(C)(C)C)c(C)c1. The molecule has 150 valence electrons. The van der Waals surface area contributed by atoms with E-state index in [1.807, 2.05) is 33.8 Å². The Hall–Kier alpha value is -2.24. The van der Waals surface area contributed by atoms with Crippen LogP contribution in [0.1, 0.15) is 75.3 Å². The molecule has 0 saturated carbocycles. The number of hydrogen-bond acceptors (Lipinski definition) is 2. The molecule has 0 fully saturated rings. The minimum Gasteiger partial charge on any atom is -0.508 e. The first kappa shape index (κ1) is 22.1. The van der Waals surface area contributed by atoms with Gasteiger partial charge in [0.2, 0.25) is 0 Å². The maximum atomic E-state index is 10.2. The van der Waals surface area contributed by atoms with Crippen molar-refractivity contribution in [3.63, 3.8) is 0 Å². The predicted molar refractivity (Wildman–Crippen MR) is 118 cm³/mol. The summed E-state index contributed by atoms with van der Waals surface area (Å²) < 4.78 is 0. The van der Waals surface area contributed by atoms with Crippen molar-refractivity contribution < 1.29 is 10.2 Å². The van der Waals surface area contributed by atoms with E-state index in [0.717, 1.165) is 29.5 Å². The molecule has 0 spiro atoms. The van der Waals surface area contributed by atoms with E-state index in [9.17, 15) is 10.2 Å². The molecule has 2 aromatic rings. The number of rotatable bonds is 4. The molecule has 0 bridgehead atoms. The number of aliphatic hydroxyl groups is 1. The van der Waals surface area contributed by atoms with E-state index in [0.29, 0.717) is 5.75 Å². The van der Waals surface area contributed by atoms with Crippen LogP contribution in [0, 0.1) is 31.1 Å². The third-order valence-electron chi connectivity index (χ3n) is 5.90. The number of phenolic OH excluding ortho intramolecular Hbond substituents is 1. The van der Waals surface area contributed by atoms with Gasteiger partial charge >= 0.3 is 0 Å². The lowest BCUT2D eigenvalue weighted by Crippen LogP contribution is -2.26. The highest BCUT2D eigenvalue weighted by Gasteiger charge is 2.31. The largest absolute Gasteiger partial charge is 0.508 e. The molecule has 2 nitrogen and oxygen atoms in total. The third-order valence-corrected chi connectivity index (χ3v) is 5.90. The van der Waals surface area contributed by atoms with E-state index in [1.165, 1.54) is 11.1 Å².